The number of ether oxygens (including phenoxy) is 1. The average molecular weight is 506 g/mol. The number of fused-ring (bicyclic) bond motifs is 1. The van der Waals surface area contributed by atoms with Crippen LogP contribution in [-0.2, 0) is 14.8 Å². The fraction of sp³-hybridized carbons (Fsp3) is 0.192. The summed E-state index contributed by atoms with van der Waals surface area (Å²) in [4.78, 5) is 22.8. The van der Waals surface area contributed by atoms with Crippen LogP contribution >= 0.6 is 0 Å². The van der Waals surface area contributed by atoms with Gasteiger partial charge in [0, 0.05) is 19.3 Å². The number of benzene rings is 3. The van der Waals surface area contributed by atoms with E-state index in [2.05, 4.69) is 20.6 Å². The molecule has 0 radical (unpaired) electrons. The highest BCUT2D eigenvalue weighted by atomic mass is 32.2. The first-order chi connectivity index (χ1) is 17.3. The van der Waals surface area contributed by atoms with Gasteiger partial charge in [-0.2, -0.15) is 0 Å². The maximum absolute atomic E-state index is 13.6. The van der Waals surface area contributed by atoms with Crippen LogP contribution in [0.15, 0.2) is 81.6 Å². The summed E-state index contributed by atoms with van der Waals surface area (Å²) in [7, 11) is -1.09. The van der Waals surface area contributed by atoms with Crippen molar-refractivity contribution < 1.29 is 17.9 Å². The van der Waals surface area contributed by atoms with E-state index in [9.17, 15) is 13.2 Å². The number of nitrogens with zero attached hydrogens (tertiary/aromatic N) is 3. The zero-order chi connectivity index (χ0) is 25.9. The second kappa shape index (κ2) is 10.2. The summed E-state index contributed by atoms with van der Waals surface area (Å²) in [6.07, 6.45) is 0. The van der Waals surface area contributed by atoms with Gasteiger partial charge in [0.1, 0.15) is 10.6 Å². The molecule has 4 rings (SSSR count). The standard InChI is InChI=1S/C26H27N5O4S/c1-5-27-18-14-15-19(17(2)16-18)28-24(26(32)30-20-10-6-8-12-22(20)35-4)25-29-21-11-7-9-13-23(21)36(33,34)31(25)3/h6-16,27H,5H2,1-4H3,(H,30,32)/b28-24-. The summed E-state index contributed by atoms with van der Waals surface area (Å²) in [6, 6.07) is 18.9. The average Bonchev–Trinajstić information content (AvgIpc) is 2.86. The topological polar surface area (TPSA) is 112 Å². The van der Waals surface area contributed by atoms with Crippen LogP contribution in [0.4, 0.5) is 22.7 Å². The van der Waals surface area contributed by atoms with Crippen molar-refractivity contribution in [2.24, 2.45) is 9.98 Å². The number of carbonyl (C=O) groups excluding carboxylic acids is 1. The molecule has 0 saturated heterocycles. The SMILES string of the molecule is CCNc1ccc(/N=C(\C(=O)Nc2ccccc2OC)C2=Nc3ccccc3S(=O)(=O)N2C)c(C)c1. The van der Waals surface area contributed by atoms with Gasteiger partial charge in [-0.25, -0.2) is 18.4 Å². The minimum absolute atomic E-state index is 0.0620. The van der Waals surface area contributed by atoms with Crippen LogP contribution < -0.4 is 15.4 Å². The van der Waals surface area contributed by atoms with Gasteiger partial charge in [-0.15, -0.1) is 0 Å². The van der Waals surface area contributed by atoms with Crippen molar-refractivity contribution in [2.75, 3.05) is 31.3 Å². The number of anilines is 2. The molecule has 36 heavy (non-hydrogen) atoms. The Morgan fingerprint density at radius 2 is 1.81 bits per heavy atom. The van der Waals surface area contributed by atoms with Crippen molar-refractivity contribution >= 4 is 50.2 Å². The van der Waals surface area contributed by atoms with Crippen LogP contribution in [0.2, 0.25) is 0 Å². The van der Waals surface area contributed by atoms with Gasteiger partial charge in [0.2, 0.25) is 0 Å². The Labute approximate surface area is 210 Å². The summed E-state index contributed by atoms with van der Waals surface area (Å²) in [6.45, 7) is 4.62. The van der Waals surface area contributed by atoms with Crippen molar-refractivity contribution in [2.45, 2.75) is 18.7 Å². The van der Waals surface area contributed by atoms with Crippen molar-refractivity contribution in [1.29, 1.82) is 0 Å². The lowest BCUT2D eigenvalue weighted by atomic mass is 10.1. The van der Waals surface area contributed by atoms with E-state index in [4.69, 9.17) is 4.74 Å². The third-order valence-corrected chi connectivity index (χ3v) is 7.42. The molecule has 10 heteroatoms. The molecular formula is C26H27N5O4S. The van der Waals surface area contributed by atoms with E-state index >= 15 is 0 Å². The van der Waals surface area contributed by atoms with E-state index < -0.39 is 15.9 Å². The fourth-order valence-electron chi connectivity index (χ4n) is 3.76. The molecule has 0 aromatic heterocycles. The highest BCUT2D eigenvalue weighted by Gasteiger charge is 2.36. The molecule has 0 bridgehead atoms. The van der Waals surface area contributed by atoms with Crippen molar-refractivity contribution in [3.05, 3.63) is 72.3 Å². The number of hydrogen-bond donors (Lipinski definition) is 2. The van der Waals surface area contributed by atoms with Crippen LogP contribution in [0.5, 0.6) is 5.75 Å². The first-order valence-corrected chi connectivity index (χ1v) is 12.7. The lowest BCUT2D eigenvalue weighted by molar-refractivity contribution is -0.110. The van der Waals surface area contributed by atoms with Gasteiger partial charge in [0.25, 0.3) is 15.9 Å². The predicted octanol–water partition coefficient (Wildman–Crippen LogP) is 4.51. The highest BCUT2D eigenvalue weighted by Crippen LogP contribution is 2.33. The highest BCUT2D eigenvalue weighted by molar-refractivity contribution is 7.90. The lowest BCUT2D eigenvalue weighted by Crippen LogP contribution is -2.44. The number of hydrogen-bond acceptors (Lipinski definition) is 7. The molecule has 2 N–H and O–H groups in total. The maximum Gasteiger partial charge on any atom is 0.278 e. The minimum atomic E-state index is -3.94. The molecule has 0 saturated carbocycles. The number of sulfonamides is 1. The summed E-state index contributed by atoms with van der Waals surface area (Å²) in [5, 5.41) is 6.03. The van der Waals surface area contributed by atoms with E-state index in [1.165, 1.54) is 20.2 Å². The maximum atomic E-state index is 13.6. The Balaban J connectivity index is 1.87. The number of para-hydroxylation sites is 3. The molecule has 186 valence electrons. The van der Waals surface area contributed by atoms with Crippen molar-refractivity contribution in [3.8, 4) is 5.75 Å². The summed E-state index contributed by atoms with van der Waals surface area (Å²) >= 11 is 0. The normalized spacial score (nSPS) is 14.5. The van der Waals surface area contributed by atoms with Gasteiger partial charge in [-0.05, 0) is 61.9 Å². The van der Waals surface area contributed by atoms with Gasteiger partial charge in [0.05, 0.1) is 24.2 Å². The minimum Gasteiger partial charge on any atom is -0.495 e. The number of aliphatic imine (C=N–C) groups is 2. The van der Waals surface area contributed by atoms with Gasteiger partial charge in [-0.3, -0.25) is 9.10 Å². The third kappa shape index (κ3) is 4.80. The Morgan fingerprint density at radius 1 is 1.08 bits per heavy atom. The first-order valence-electron chi connectivity index (χ1n) is 11.3. The Bertz CT molecular complexity index is 1480. The van der Waals surface area contributed by atoms with Crippen LogP contribution in [0.3, 0.4) is 0 Å². The molecular weight excluding hydrogens is 478 g/mol. The van der Waals surface area contributed by atoms with Crippen LogP contribution in [0.1, 0.15) is 12.5 Å². The second-order valence-electron chi connectivity index (χ2n) is 8.02. The van der Waals surface area contributed by atoms with E-state index in [1.54, 1.807) is 48.5 Å². The molecule has 3 aromatic rings. The number of amidine groups is 1. The Kier molecular flexibility index (Phi) is 7.07. The fourth-order valence-corrected chi connectivity index (χ4v) is 5.04. The molecule has 3 aromatic carbocycles. The monoisotopic (exact) mass is 505 g/mol. The van der Waals surface area contributed by atoms with Gasteiger partial charge in [0.15, 0.2) is 11.5 Å². The van der Waals surface area contributed by atoms with Gasteiger partial charge < -0.3 is 15.4 Å². The summed E-state index contributed by atoms with van der Waals surface area (Å²) < 4.78 is 32.9. The van der Waals surface area contributed by atoms with Crippen LogP contribution in [-0.4, -0.2) is 50.9 Å². The smallest absolute Gasteiger partial charge is 0.278 e. The molecule has 1 aliphatic heterocycles. The molecule has 0 aliphatic carbocycles. The van der Waals surface area contributed by atoms with Gasteiger partial charge >= 0.3 is 0 Å². The van der Waals surface area contributed by atoms with E-state index in [0.29, 0.717) is 17.1 Å². The largest absolute Gasteiger partial charge is 0.495 e. The number of nitrogens with one attached hydrogen (secondary N) is 2. The molecule has 0 unspecified atom stereocenters. The lowest BCUT2D eigenvalue weighted by Gasteiger charge is -2.27. The van der Waals surface area contributed by atoms with E-state index in [0.717, 1.165) is 22.1 Å². The molecule has 1 heterocycles. The molecule has 0 atom stereocenters. The van der Waals surface area contributed by atoms with Crippen LogP contribution in [0.25, 0.3) is 0 Å². The second-order valence-corrected chi connectivity index (χ2v) is 9.96. The summed E-state index contributed by atoms with van der Waals surface area (Å²) in [5.74, 6) is -0.264. The molecule has 1 aliphatic rings. The predicted molar refractivity (Wildman–Crippen MR) is 143 cm³/mol. The number of methoxy groups -OCH3 is 1. The number of rotatable bonds is 7. The van der Waals surface area contributed by atoms with Crippen LogP contribution in [0, 0.1) is 6.92 Å². The number of aryl methyl sites for hydroxylation is 1. The number of carbonyl (C=O) groups is 1. The molecule has 0 spiro atoms. The van der Waals surface area contributed by atoms with Gasteiger partial charge in [-0.1, -0.05) is 24.3 Å². The van der Waals surface area contributed by atoms with E-state index in [1.807, 2.05) is 26.0 Å². The number of amides is 1. The molecule has 0 fully saturated rings. The Hall–Kier alpha value is -4.18. The van der Waals surface area contributed by atoms with Crippen molar-refractivity contribution in [3.63, 3.8) is 0 Å². The third-order valence-electron chi connectivity index (χ3n) is 5.62. The Morgan fingerprint density at radius 3 is 2.53 bits per heavy atom. The first kappa shape index (κ1) is 24.9. The van der Waals surface area contributed by atoms with Crippen molar-refractivity contribution in [1.82, 2.24) is 4.31 Å². The molecule has 9 nitrogen and oxygen atoms in total. The zero-order valence-electron chi connectivity index (χ0n) is 20.4. The molecule has 1 amide bonds. The van der Waals surface area contributed by atoms with E-state index in [-0.39, 0.29) is 22.1 Å². The quantitative estimate of drug-likeness (QED) is 0.459. The zero-order valence-corrected chi connectivity index (χ0v) is 21.3. The summed E-state index contributed by atoms with van der Waals surface area (Å²) in [5.41, 5.74) is 2.73.